The minimum absolute atomic E-state index is 0.511. The zero-order valence-electron chi connectivity index (χ0n) is 11.5. The molecule has 0 aliphatic rings. The molecule has 0 spiro atoms. The normalized spacial score (nSPS) is 10.8. The summed E-state index contributed by atoms with van der Waals surface area (Å²) in [6.45, 7) is 3.96. The van der Waals surface area contributed by atoms with Crippen molar-refractivity contribution in [3.05, 3.63) is 53.2 Å². The molecule has 0 unspecified atom stereocenters. The van der Waals surface area contributed by atoms with Crippen LogP contribution in [0.3, 0.4) is 0 Å². The average molecular weight is 260 g/mol. The molecule has 0 saturated carbocycles. The van der Waals surface area contributed by atoms with Crippen LogP contribution in [0.15, 0.2) is 34.9 Å². The van der Waals surface area contributed by atoms with Crippen molar-refractivity contribution in [2.45, 2.75) is 26.5 Å². The molecule has 2 heterocycles. The Kier molecular flexibility index (Phi) is 5.12. The van der Waals surface area contributed by atoms with Crippen LogP contribution in [0, 0.1) is 6.92 Å². The molecule has 4 nitrogen and oxygen atoms in total. The fourth-order valence-electron chi connectivity index (χ4n) is 1.92. The van der Waals surface area contributed by atoms with E-state index in [2.05, 4.69) is 10.3 Å². The summed E-state index contributed by atoms with van der Waals surface area (Å²) >= 11 is 0. The van der Waals surface area contributed by atoms with E-state index in [-0.39, 0.29) is 0 Å². The standard InChI is InChI=1S/C15H20N2O2/c1-12-13(10-16-2)9-15(19-12)11-18-8-6-14-5-3-4-7-17-14/h3-5,7,9,16H,6,8,10-11H2,1-2H3. The third-order valence-corrected chi connectivity index (χ3v) is 2.91. The molecule has 0 aliphatic carbocycles. The van der Waals surface area contributed by atoms with E-state index in [1.807, 2.05) is 38.2 Å². The number of hydrogen-bond donors (Lipinski definition) is 1. The number of ether oxygens (including phenoxy) is 1. The minimum Gasteiger partial charge on any atom is -0.464 e. The van der Waals surface area contributed by atoms with Gasteiger partial charge in [-0.05, 0) is 32.2 Å². The largest absolute Gasteiger partial charge is 0.464 e. The zero-order valence-corrected chi connectivity index (χ0v) is 11.5. The minimum atomic E-state index is 0.511. The Labute approximate surface area is 113 Å². The third kappa shape index (κ3) is 4.19. The number of pyridine rings is 1. The maximum absolute atomic E-state index is 5.64. The van der Waals surface area contributed by atoms with Crippen molar-refractivity contribution in [3.63, 3.8) is 0 Å². The van der Waals surface area contributed by atoms with Crippen molar-refractivity contribution in [1.29, 1.82) is 0 Å². The first-order valence-corrected chi connectivity index (χ1v) is 6.50. The molecular formula is C15H20N2O2. The number of furan rings is 1. The van der Waals surface area contributed by atoms with E-state index < -0.39 is 0 Å². The van der Waals surface area contributed by atoms with Gasteiger partial charge in [0.15, 0.2) is 0 Å². The maximum atomic E-state index is 5.64. The summed E-state index contributed by atoms with van der Waals surface area (Å²) in [7, 11) is 1.93. The van der Waals surface area contributed by atoms with Crippen molar-refractivity contribution in [2.24, 2.45) is 0 Å². The van der Waals surface area contributed by atoms with Gasteiger partial charge in [-0.1, -0.05) is 6.07 Å². The van der Waals surface area contributed by atoms with Crippen molar-refractivity contribution >= 4 is 0 Å². The molecule has 0 aromatic carbocycles. The highest BCUT2D eigenvalue weighted by atomic mass is 16.5. The van der Waals surface area contributed by atoms with Crippen molar-refractivity contribution in [2.75, 3.05) is 13.7 Å². The van der Waals surface area contributed by atoms with Crippen LogP contribution in [-0.4, -0.2) is 18.6 Å². The van der Waals surface area contributed by atoms with Crippen molar-refractivity contribution in [3.8, 4) is 0 Å². The maximum Gasteiger partial charge on any atom is 0.130 e. The lowest BCUT2D eigenvalue weighted by Gasteiger charge is -2.01. The van der Waals surface area contributed by atoms with Crippen LogP contribution >= 0.6 is 0 Å². The van der Waals surface area contributed by atoms with Gasteiger partial charge < -0.3 is 14.5 Å². The smallest absolute Gasteiger partial charge is 0.130 e. The molecule has 0 aliphatic heterocycles. The van der Waals surface area contributed by atoms with E-state index in [4.69, 9.17) is 9.15 Å². The second-order valence-corrected chi connectivity index (χ2v) is 4.45. The predicted octanol–water partition coefficient (Wildman–Crippen LogP) is 2.46. The summed E-state index contributed by atoms with van der Waals surface area (Å²) in [6.07, 6.45) is 2.62. The first-order valence-electron chi connectivity index (χ1n) is 6.50. The first-order chi connectivity index (χ1) is 9.29. The van der Waals surface area contributed by atoms with Gasteiger partial charge in [0.05, 0.1) is 6.61 Å². The molecule has 0 saturated heterocycles. The van der Waals surface area contributed by atoms with Crippen LogP contribution in [0.1, 0.15) is 22.8 Å². The van der Waals surface area contributed by atoms with Gasteiger partial charge in [0.2, 0.25) is 0 Å². The lowest BCUT2D eigenvalue weighted by atomic mass is 10.2. The zero-order chi connectivity index (χ0) is 13.5. The molecule has 1 N–H and O–H groups in total. The second-order valence-electron chi connectivity index (χ2n) is 4.45. The number of aryl methyl sites for hydroxylation is 1. The molecule has 0 fully saturated rings. The predicted molar refractivity (Wildman–Crippen MR) is 73.8 cm³/mol. The van der Waals surface area contributed by atoms with Crippen LogP contribution < -0.4 is 5.32 Å². The van der Waals surface area contributed by atoms with E-state index in [1.54, 1.807) is 6.20 Å². The van der Waals surface area contributed by atoms with E-state index in [1.165, 1.54) is 5.56 Å². The summed E-state index contributed by atoms with van der Waals surface area (Å²) in [5.74, 6) is 1.83. The van der Waals surface area contributed by atoms with Crippen molar-refractivity contribution in [1.82, 2.24) is 10.3 Å². The number of hydrogen-bond acceptors (Lipinski definition) is 4. The Bertz CT molecular complexity index is 494. The number of aromatic nitrogens is 1. The van der Waals surface area contributed by atoms with Crippen LogP contribution in [0.4, 0.5) is 0 Å². The summed E-state index contributed by atoms with van der Waals surface area (Å²) in [4.78, 5) is 4.25. The summed E-state index contributed by atoms with van der Waals surface area (Å²) < 4.78 is 11.3. The Morgan fingerprint density at radius 1 is 1.37 bits per heavy atom. The molecule has 102 valence electrons. The Hall–Kier alpha value is -1.65. The van der Waals surface area contributed by atoms with Gasteiger partial charge in [-0.15, -0.1) is 0 Å². The quantitative estimate of drug-likeness (QED) is 0.777. The van der Waals surface area contributed by atoms with Crippen LogP contribution in [0.25, 0.3) is 0 Å². The highest BCUT2D eigenvalue weighted by Gasteiger charge is 2.06. The number of nitrogens with one attached hydrogen (secondary N) is 1. The van der Waals surface area contributed by atoms with Crippen LogP contribution in [0.2, 0.25) is 0 Å². The number of nitrogens with zero attached hydrogens (tertiary/aromatic N) is 1. The van der Waals surface area contributed by atoms with Gasteiger partial charge in [-0.2, -0.15) is 0 Å². The third-order valence-electron chi connectivity index (χ3n) is 2.91. The molecule has 0 amide bonds. The second kappa shape index (κ2) is 7.07. The van der Waals surface area contributed by atoms with Crippen LogP contribution in [-0.2, 0) is 24.3 Å². The first kappa shape index (κ1) is 13.8. The average Bonchev–Trinajstić information content (AvgIpc) is 2.77. The molecule has 2 rings (SSSR count). The fourth-order valence-corrected chi connectivity index (χ4v) is 1.92. The molecular weight excluding hydrogens is 240 g/mol. The molecule has 0 atom stereocenters. The Balaban J connectivity index is 1.75. The highest BCUT2D eigenvalue weighted by molar-refractivity contribution is 5.20. The molecule has 4 heteroatoms. The topological polar surface area (TPSA) is 47.3 Å². The van der Waals surface area contributed by atoms with Gasteiger partial charge >= 0.3 is 0 Å². The van der Waals surface area contributed by atoms with Crippen molar-refractivity contribution < 1.29 is 9.15 Å². The summed E-state index contributed by atoms with van der Waals surface area (Å²) in [6, 6.07) is 7.96. The molecule has 2 aromatic heterocycles. The Morgan fingerprint density at radius 3 is 3.00 bits per heavy atom. The van der Waals surface area contributed by atoms with Gasteiger partial charge in [-0.3, -0.25) is 4.98 Å². The summed E-state index contributed by atoms with van der Waals surface area (Å²) in [5.41, 5.74) is 2.24. The SMILES string of the molecule is CNCc1cc(COCCc2ccccn2)oc1C. The van der Waals surface area contributed by atoms with E-state index in [0.717, 1.165) is 30.2 Å². The molecule has 0 radical (unpaired) electrons. The van der Waals surface area contributed by atoms with E-state index >= 15 is 0 Å². The monoisotopic (exact) mass is 260 g/mol. The van der Waals surface area contributed by atoms with Gasteiger partial charge in [0.25, 0.3) is 0 Å². The number of rotatable bonds is 7. The van der Waals surface area contributed by atoms with E-state index in [0.29, 0.717) is 13.2 Å². The Morgan fingerprint density at radius 2 is 2.26 bits per heavy atom. The molecule has 0 bridgehead atoms. The molecule has 19 heavy (non-hydrogen) atoms. The van der Waals surface area contributed by atoms with Gasteiger partial charge in [0, 0.05) is 30.4 Å². The highest BCUT2D eigenvalue weighted by Crippen LogP contribution is 2.15. The van der Waals surface area contributed by atoms with E-state index in [9.17, 15) is 0 Å². The lowest BCUT2D eigenvalue weighted by molar-refractivity contribution is 0.108. The molecule has 2 aromatic rings. The lowest BCUT2D eigenvalue weighted by Crippen LogP contribution is -2.04. The van der Waals surface area contributed by atoms with Gasteiger partial charge in [-0.25, -0.2) is 0 Å². The summed E-state index contributed by atoms with van der Waals surface area (Å²) in [5, 5.41) is 3.12. The van der Waals surface area contributed by atoms with Crippen LogP contribution in [0.5, 0.6) is 0 Å². The fraction of sp³-hybridized carbons (Fsp3) is 0.400. The van der Waals surface area contributed by atoms with Gasteiger partial charge in [0.1, 0.15) is 18.1 Å².